The highest BCUT2D eigenvalue weighted by molar-refractivity contribution is 7.91. The molecule has 3 amide bonds. The lowest BCUT2D eigenvalue weighted by molar-refractivity contribution is -0.140. The molecule has 0 radical (unpaired) electrons. The molecule has 1 aromatic rings. The van der Waals surface area contributed by atoms with Crippen molar-refractivity contribution in [2.75, 3.05) is 13.2 Å². The van der Waals surface area contributed by atoms with Gasteiger partial charge in [0.2, 0.25) is 21.8 Å². The molecule has 258 valence electrons. The summed E-state index contributed by atoms with van der Waals surface area (Å²) in [5, 5.41) is 2.65. The zero-order valence-electron chi connectivity index (χ0n) is 26.1. The molecular weight excluding hydrogens is 646 g/mol. The fraction of sp³-hybridized carbons (Fsp3) is 0.625. The van der Waals surface area contributed by atoms with Crippen molar-refractivity contribution >= 4 is 33.7 Å². The highest BCUT2D eigenvalue weighted by Crippen LogP contribution is 2.48. The highest BCUT2D eigenvalue weighted by atomic mass is 32.2. The molecule has 2 heterocycles. The number of rotatable bonds is 6. The summed E-state index contributed by atoms with van der Waals surface area (Å²) in [6.07, 6.45) is -0.254. The van der Waals surface area contributed by atoms with Crippen LogP contribution in [0.1, 0.15) is 81.1 Å². The molecule has 6 atom stereocenters. The van der Waals surface area contributed by atoms with Gasteiger partial charge in [0, 0.05) is 18.8 Å². The SMILES string of the molecule is C[C@@H]1CC/C=C\[C@H]2C[C@@]2(C(=O)NS(=O)(=O)C2(CF)CC2)NC(=O)[C@@H]2C[C@@H](OC(=O)c3ccccc3C(F)(F)F)CN2C(=O)C[C@H](C)C1. The van der Waals surface area contributed by atoms with Crippen LogP contribution >= 0.6 is 0 Å². The molecule has 0 aromatic heterocycles. The van der Waals surface area contributed by atoms with E-state index >= 15 is 0 Å². The summed E-state index contributed by atoms with van der Waals surface area (Å²) in [6.45, 7) is 2.51. The van der Waals surface area contributed by atoms with Gasteiger partial charge in [-0.15, -0.1) is 0 Å². The number of carbonyl (C=O) groups excluding carboxylic acids is 4. The minimum Gasteiger partial charge on any atom is -0.457 e. The predicted molar refractivity (Wildman–Crippen MR) is 161 cm³/mol. The van der Waals surface area contributed by atoms with Gasteiger partial charge in [0.25, 0.3) is 5.91 Å². The van der Waals surface area contributed by atoms with Gasteiger partial charge < -0.3 is 15.0 Å². The first-order chi connectivity index (χ1) is 22.0. The molecule has 3 fully saturated rings. The van der Waals surface area contributed by atoms with E-state index in [1.807, 2.05) is 24.6 Å². The maximum Gasteiger partial charge on any atom is 0.417 e. The molecule has 1 saturated heterocycles. The summed E-state index contributed by atoms with van der Waals surface area (Å²) in [5.41, 5.74) is -3.60. The number of carbonyl (C=O) groups is 4. The van der Waals surface area contributed by atoms with Crippen LogP contribution in [-0.2, 0) is 35.3 Å². The molecule has 4 aliphatic rings. The summed E-state index contributed by atoms with van der Waals surface area (Å²) >= 11 is 0. The van der Waals surface area contributed by atoms with Crippen LogP contribution in [0.2, 0.25) is 0 Å². The second-order valence-corrected chi connectivity index (χ2v) is 15.6. The number of hydrogen-bond acceptors (Lipinski definition) is 7. The first-order valence-electron chi connectivity index (χ1n) is 15.8. The van der Waals surface area contributed by atoms with E-state index in [0.29, 0.717) is 12.8 Å². The molecule has 0 spiro atoms. The monoisotopic (exact) mass is 685 g/mol. The van der Waals surface area contributed by atoms with Crippen molar-refractivity contribution in [3.05, 3.63) is 47.5 Å². The number of nitrogens with zero attached hydrogens (tertiary/aromatic N) is 1. The van der Waals surface area contributed by atoms with Gasteiger partial charge in [0.05, 0.1) is 17.7 Å². The number of benzene rings is 1. The van der Waals surface area contributed by atoms with E-state index in [-0.39, 0.29) is 50.5 Å². The lowest BCUT2D eigenvalue weighted by Crippen LogP contribution is -2.57. The van der Waals surface area contributed by atoms with E-state index in [4.69, 9.17) is 4.74 Å². The van der Waals surface area contributed by atoms with E-state index in [1.54, 1.807) is 6.08 Å². The normalized spacial score (nSPS) is 31.7. The van der Waals surface area contributed by atoms with E-state index in [1.165, 1.54) is 11.0 Å². The topological polar surface area (TPSA) is 139 Å². The Morgan fingerprint density at radius 2 is 1.81 bits per heavy atom. The zero-order chi connectivity index (χ0) is 34.4. The molecule has 0 bridgehead atoms. The molecule has 47 heavy (non-hydrogen) atoms. The molecule has 2 aliphatic heterocycles. The number of ether oxygens (including phenoxy) is 1. The quantitative estimate of drug-likeness (QED) is 0.262. The van der Waals surface area contributed by atoms with Gasteiger partial charge in [0.1, 0.15) is 29.1 Å². The molecule has 1 aromatic carbocycles. The second kappa shape index (κ2) is 12.8. The average molecular weight is 686 g/mol. The zero-order valence-corrected chi connectivity index (χ0v) is 27.0. The van der Waals surface area contributed by atoms with Gasteiger partial charge in [-0.2, -0.15) is 13.2 Å². The summed E-state index contributed by atoms with van der Waals surface area (Å²) in [5.74, 6) is -3.95. The van der Waals surface area contributed by atoms with Crippen molar-refractivity contribution in [3.63, 3.8) is 0 Å². The molecule has 10 nitrogen and oxygen atoms in total. The van der Waals surface area contributed by atoms with E-state index in [9.17, 15) is 45.2 Å². The Hall–Kier alpha value is -3.49. The van der Waals surface area contributed by atoms with Gasteiger partial charge >= 0.3 is 12.1 Å². The molecule has 2 N–H and O–H groups in total. The van der Waals surface area contributed by atoms with Crippen molar-refractivity contribution in [1.29, 1.82) is 0 Å². The standard InChI is InChI=1S/C32H39F4N3O7S/c1-19-7-3-4-8-21-16-31(21,29(43)38-47(44,45)30(18-33)11-12-30)37-27(41)25-15-22(17-39(25)26(40)14-20(2)13-19)46-28(42)23-9-5-6-10-24(23)32(34,35)36/h4-6,8-10,19-22,25H,3,7,11-18H2,1-2H3,(H,37,41)(H,38,43)/b8-4-/t19-,20-,21+,22-,25+,31-/m1/s1. The van der Waals surface area contributed by atoms with Crippen molar-refractivity contribution in [2.24, 2.45) is 17.8 Å². The van der Waals surface area contributed by atoms with E-state index in [2.05, 4.69) is 5.32 Å². The van der Waals surface area contributed by atoms with Crippen LogP contribution < -0.4 is 10.0 Å². The van der Waals surface area contributed by atoms with Crippen LogP contribution in [0.4, 0.5) is 17.6 Å². The third-order valence-electron chi connectivity index (χ3n) is 9.75. The van der Waals surface area contributed by atoms with Crippen molar-refractivity contribution in [2.45, 2.75) is 93.8 Å². The van der Waals surface area contributed by atoms with Crippen molar-refractivity contribution in [3.8, 4) is 0 Å². The van der Waals surface area contributed by atoms with Gasteiger partial charge in [-0.05, 0) is 62.5 Å². The van der Waals surface area contributed by atoms with Crippen molar-refractivity contribution in [1.82, 2.24) is 14.9 Å². The lowest BCUT2D eigenvalue weighted by atomic mass is 9.91. The first kappa shape index (κ1) is 34.8. The summed E-state index contributed by atoms with van der Waals surface area (Å²) in [6, 6.07) is 2.86. The molecule has 0 unspecified atom stereocenters. The number of esters is 1. The van der Waals surface area contributed by atoms with Gasteiger partial charge in [0.15, 0.2) is 0 Å². The Kier molecular flexibility index (Phi) is 9.52. The molecule has 2 aliphatic carbocycles. The number of sulfonamides is 1. The van der Waals surface area contributed by atoms with Crippen LogP contribution in [-0.4, -0.2) is 72.7 Å². The maximum atomic E-state index is 13.9. The Labute approximate surface area is 270 Å². The van der Waals surface area contributed by atoms with Gasteiger partial charge in [-0.1, -0.05) is 38.1 Å². The minimum atomic E-state index is -4.83. The second-order valence-electron chi connectivity index (χ2n) is 13.5. The van der Waals surface area contributed by atoms with Crippen LogP contribution in [0.15, 0.2) is 36.4 Å². The number of alkyl halides is 4. The van der Waals surface area contributed by atoms with E-state index < -0.39 is 86.0 Å². The van der Waals surface area contributed by atoms with Crippen LogP contribution in [0.25, 0.3) is 0 Å². The number of allylic oxidation sites excluding steroid dienone is 1. The van der Waals surface area contributed by atoms with Crippen LogP contribution in [0, 0.1) is 17.8 Å². The third kappa shape index (κ3) is 7.19. The fourth-order valence-electron chi connectivity index (χ4n) is 6.69. The molecule has 2 saturated carbocycles. The predicted octanol–water partition coefficient (Wildman–Crippen LogP) is 4.06. The smallest absolute Gasteiger partial charge is 0.417 e. The fourth-order valence-corrected chi connectivity index (χ4v) is 8.12. The Balaban J connectivity index is 1.41. The number of halogens is 4. The summed E-state index contributed by atoms with van der Waals surface area (Å²) in [4.78, 5) is 55.1. The lowest BCUT2D eigenvalue weighted by Gasteiger charge is -2.28. The average Bonchev–Trinajstić information content (AvgIpc) is 3.89. The molecule has 5 rings (SSSR count). The Morgan fingerprint density at radius 3 is 2.47 bits per heavy atom. The van der Waals surface area contributed by atoms with Gasteiger partial charge in [-0.3, -0.25) is 19.1 Å². The number of amides is 3. The largest absolute Gasteiger partial charge is 0.457 e. The van der Waals surface area contributed by atoms with Crippen molar-refractivity contribution < 1.29 is 49.9 Å². The number of hydrogen-bond donors (Lipinski definition) is 2. The molecular formula is C32H39F4N3O7S. The molecule has 15 heteroatoms. The number of fused-ring (bicyclic) bond motifs is 2. The number of nitrogens with one attached hydrogen (secondary N) is 2. The third-order valence-corrected chi connectivity index (χ3v) is 11.9. The Bertz CT molecular complexity index is 1560. The maximum absolute atomic E-state index is 13.9. The van der Waals surface area contributed by atoms with E-state index in [0.717, 1.165) is 24.6 Å². The van der Waals surface area contributed by atoms with Crippen LogP contribution in [0.5, 0.6) is 0 Å². The first-order valence-corrected chi connectivity index (χ1v) is 17.3. The minimum absolute atomic E-state index is 0.0537. The summed E-state index contributed by atoms with van der Waals surface area (Å²) in [7, 11) is -4.40. The Morgan fingerprint density at radius 1 is 1.11 bits per heavy atom. The van der Waals surface area contributed by atoms with Gasteiger partial charge in [-0.25, -0.2) is 17.6 Å². The summed E-state index contributed by atoms with van der Waals surface area (Å²) < 4.78 is 85.9. The van der Waals surface area contributed by atoms with Crippen LogP contribution in [0.3, 0.4) is 0 Å². The highest BCUT2D eigenvalue weighted by Gasteiger charge is 2.64.